The van der Waals surface area contributed by atoms with Gasteiger partial charge in [0.15, 0.2) is 0 Å². The minimum Gasteiger partial charge on any atom is -0.497 e. The third-order valence-electron chi connectivity index (χ3n) is 6.67. The van der Waals surface area contributed by atoms with Crippen LogP contribution < -0.4 is 15.2 Å². The molecule has 0 saturated carbocycles. The van der Waals surface area contributed by atoms with Crippen molar-refractivity contribution in [3.8, 4) is 5.75 Å². The van der Waals surface area contributed by atoms with Crippen molar-refractivity contribution in [1.82, 2.24) is 14.5 Å². The zero-order valence-corrected chi connectivity index (χ0v) is 20.1. The van der Waals surface area contributed by atoms with Gasteiger partial charge in [0.1, 0.15) is 10.6 Å². The number of hydrogen-bond acceptors (Lipinski definition) is 6. The first-order valence-corrected chi connectivity index (χ1v) is 12.7. The maximum Gasteiger partial charge on any atom is 0.263 e. The summed E-state index contributed by atoms with van der Waals surface area (Å²) in [4.78, 5) is 37.8. The van der Waals surface area contributed by atoms with E-state index in [-0.39, 0.29) is 11.5 Å². The normalized spacial score (nSPS) is 16.2. The van der Waals surface area contributed by atoms with E-state index in [1.165, 1.54) is 16.9 Å². The molecule has 1 aromatic carbocycles. The molecule has 0 spiro atoms. The number of aromatic nitrogens is 2. The lowest BCUT2D eigenvalue weighted by molar-refractivity contribution is 0.0745. The maximum atomic E-state index is 13.6. The zero-order chi connectivity index (χ0) is 22.9. The van der Waals surface area contributed by atoms with Crippen LogP contribution in [0.3, 0.4) is 0 Å². The minimum absolute atomic E-state index is 0.00819. The average Bonchev–Trinajstić information content (AvgIpc) is 3.24. The summed E-state index contributed by atoms with van der Waals surface area (Å²) < 4.78 is 7.13. The highest BCUT2D eigenvalue weighted by atomic mass is 32.1. The van der Waals surface area contributed by atoms with E-state index < -0.39 is 0 Å². The molecular weight excluding hydrogens is 436 g/mol. The molecule has 0 unspecified atom stereocenters. The highest BCUT2D eigenvalue weighted by Gasteiger charge is 2.27. The Morgan fingerprint density at radius 1 is 1.15 bits per heavy atom. The molecule has 8 heteroatoms. The average molecular weight is 467 g/mol. The van der Waals surface area contributed by atoms with Gasteiger partial charge in [0, 0.05) is 43.2 Å². The fourth-order valence-corrected chi connectivity index (χ4v) is 6.19. The Labute approximate surface area is 197 Å². The van der Waals surface area contributed by atoms with Crippen LogP contribution in [0.2, 0.25) is 0 Å². The molecule has 174 valence electrons. The fraction of sp³-hybridized carbons (Fsp3) is 0.480. The smallest absolute Gasteiger partial charge is 0.263 e. The van der Waals surface area contributed by atoms with Gasteiger partial charge in [0.25, 0.3) is 11.5 Å². The molecule has 1 fully saturated rings. The molecule has 2 aromatic heterocycles. The molecule has 3 aromatic rings. The maximum absolute atomic E-state index is 13.6. The van der Waals surface area contributed by atoms with Crippen LogP contribution >= 0.6 is 11.3 Å². The van der Waals surface area contributed by atoms with Gasteiger partial charge < -0.3 is 14.5 Å². The number of ether oxygens (including phenoxy) is 1. The number of anilines is 1. The van der Waals surface area contributed by atoms with E-state index in [9.17, 15) is 9.59 Å². The molecule has 0 radical (unpaired) electrons. The van der Waals surface area contributed by atoms with Crippen LogP contribution in [0.5, 0.6) is 5.75 Å². The van der Waals surface area contributed by atoms with Gasteiger partial charge in [0.05, 0.1) is 12.5 Å². The van der Waals surface area contributed by atoms with E-state index in [4.69, 9.17) is 9.72 Å². The second-order valence-electron chi connectivity index (χ2n) is 8.77. The third-order valence-corrected chi connectivity index (χ3v) is 7.85. The standard InChI is InChI=1S/C25H30N4O3S/c1-3-11-29-24(31)21-19-9-4-5-10-20(19)33-22(21)26-25(29)28-14-12-27(13-15-28)23(30)17-7-6-8-18(16-17)32-2/h6-8,16H,3-5,9-15H2,1-2H3. The molecule has 3 heterocycles. The van der Waals surface area contributed by atoms with Gasteiger partial charge in [-0.15, -0.1) is 11.3 Å². The first kappa shape index (κ1) is 21.9. The summed E-state index contributed by atoms with van der Waals surface area (Å²) in [6.45, 7) is 5.25. The van der Waals surface area contributed by atoms with Crippen LogP contribution in [0.15, 0.2) is 29.1 Å². The quantitative estimate of drug-likeness (QED) is 0.573. The molecule has 33 heavy (non-hydrogen) atoms. The molecule has 5 rings (SSSR count). The lowest BCUT2D eigenvalue weighted by atomic mass is 9.97. The summed E-state index contributed by atoms with van der Waals surface area (Å²) in [6, 6.07) is 7.28. The second-order valence-corrected chi connectivity index (χ2v) is 9.85. The number of carbonyl (C=O) groups excluding carboxylic acids is 1. The number of benzene rings is 1. The van der Waals surface area contributed by atoms with Crippen molar-refractivity contribution in [3.63, 3.8) is 0 Å². The molecule has 7 nitrogen and oxygen atoms in total. The molecule has 1 amide bonds. The molecule has 0 atom stereocenters. The van der Waals surface area contributed by atoms with Gasteiger partial charge in [-0.25, -0.2) is 4.98 Å². The first-order valence-electron chi connectivity index (χ1n) is 11.8. The van der Waals surface area contributed by atoms with Gasteiger partial charge >= 0.3 is 0 Å². The van der Waals surface area contributed by atoms with Crippen molar-refractivity contribution in [2.24, 2.45) is 0 Å². The van der Waals surface area contributed by atoms with E-state index in [1.54, 1.807) is 24.5 Å². The molecule has 1 aliphatic carbocycles. The van der Waals surface area contributed by atoms with E-state index >= 15 is 0 Å². The van der Waals surface area contributed by atoms with Gasteiger partial charge in [-0.3, -0.25) is 14.2 Å². The largest absolute Gasteiger partial charge is 0.497 e. The molecule has 0 bridgehead atoms. The highest BCUT2D eigenvalue weighted by Crippen LogP contribution is 2.34. The van der Waals surface area contributed by atoms with Crippen LogP contribution in [0.25, 0.3) is 10.2 Å². The molecule has 1 saturated heterocycles. The number of amides is 1. The summed E-state index contributed by atoms with van der Waals surface area (Å²) in [5.74, 6) is 1.44. The van der Waals surface area contributed by atoms with Gasteiger partial charge in [-0.2, -0.15) is 0 Å². The summed E-state index contributed by atoms with van der Waals surface area (Å²) in [5, 5.41) is 0.846. The number of rotatable bonds is 5. The number of fused-ring (bicyclic) bond motifs is 3. The van der Waals surface area contributed by atoms with Crippen LogP contribution in [0, 0.1) is 0 Å². The number of piperazine rings is 1. The highest BCUT2D eigenvalue weighted by molar-refractivity contribution is 7.18. The van der Waals surface area contributed by atoms with Crippen molar-refractivity contribution in [2.75, 3.05) is 38.2 Å². The SMILES string of the molecule is CCCn1c(N2CCN(C(=O)c3cccc(OC)c3)CC2)nc2sc3c(c2c1=O)CCCC3. The van der Waals surface area contributed by atoms with E-state index in [2.05, 4.69) is 11.8 Å². The Kier molecular flexibility index (Phi) is 6.10. The van der Waals surface area contributed by atoms with E-state index in [0.717, 1.165) is 41.8 Å². The van der Waals surface area contributed by atoms with Crippen molar-refractivity contribution in [3.05, 3.63) is 50.6 Å². The molecule has 0 N–H and O–H groups in total. The lowest BCUT2D eigenvalue weighted by Crippen LogP contribution is -2.50. The monoisotopic (exact) mass is 466 g/mol. The van der Waals surface area contributed by atoms with Crippen LogP contribution in [-0.2, 0) is 19.4 Å². The zero-order valence-electron chi connectivity index (χ0n) is 19.3. The van der Waals surface area contributed by atoms with Gasteiger partial charge in [-0.1, -0.05) is 13.0 Å². The Hall–Kier alpha value is -2.87. The lowest BCUT2D eigenvalue weighted by Gasteiger charge is -2.36. The number of aryl methyl sites for hydroxylation is 2. The Morgan fingerprint density at radius 2 is 1.94 bits per heavy atom. The van der Waals surface area contributed by atoms with Crippen molar-refractivity contribution < 1.29 is 9.53 Å². The van der Waals surface area contributed by atoms with Gasteiger partial charge in [-0.05, 0) is 55.9 Å². The summed E-state index contributed by atoms with van der Waals surface area (Å²) in [5.41, 5.74) is 1.98. The van der Waals surface area contributed by atoms with Crippen molar-refractivity contribution >= 4 is 33.4 Å². The van der Waals surface area contributed by atoms with E-state index in [0.29, 0.717) is 44.0 Å². The molecular formula is C25H30N4O3S. The van der Waals surface area contributed by atoms with Crippen LogP contribution in [0.4, 0.5) is 5.95 Å². The number of hydrogen-bond donors (Lipinski definition) is 0. The summed E-state index contributed by atoms with van der Waals surface area (Å²) in [7, 11) is 1.60. The van der Waals surface area contributed by atoms with Crippen molar-refractivity contribution in [2.45, 2.75) is 45.6 Å². The predicted molar refractivity (Wildman–Crippen MR) is 132 cm³/mol. The predicted octanol–water partition coefficient (Wildman–Crippen LogP) is 3.72. The Bertz CT molecular complexity index is 1240. The Balaban J connectivity index is 1.41. The number of thiophene rings is 1. The van der Waals surface area contributed by atoms with E-state index in [1.807, 2.05) is 27.7 Å². The molecule has 1 aliphatic heterocycles. The van der Waals surface area contributed by atoms with Gasteiger partial charge in [0.2, 0.25) is 5.95 Å². The fourth-order valence-electron chi connectivity index (χ4n) is 4.94. The third kappa shape index (κ3) is 4.01. The first-order chi connectivity index (χ1) is 16.1. The summed E-state index contributed by atoms with van der Waals surface area (Å²) in [6.07, 6.45) is 5.27. The Morgan fingerprint density at radius 3 is 2.70 bits per heavy atom. The topological polar surface area (TPSA) is 67.7 Å². The van der Waals surface area contributed by atoms with Crippen LogP contribution in [0.1, 0.15) is 47.0 Å². The second kappa shape index (κ2) is 9.17. The van der Waals surface area contributed by atoms with Crippen molar-refractivity contribution in [1.29, 1.82) is 0 Å². The number of methoxy groups -OCH3 is 1. The number of nitrogens with zero attached hydrogens (tertiary/aromatic N) is 4. The van der Waals surface area contributed by atoms with Crippen LogP contribution in [-0.4, -0.2) is 53.6 Å². The minimum atomic E-state index is 0.00819. The number of carbonyl (C=O) groups is 1. The molecule has 2 aliphatic rings. The summed E-state index contributed by atoms with van der Waals surface area (Å²) >= 11 is 1.70.